The van der Waals surface area contributed by atoms with Crippen molar-refractivity contribution in [2.24, 2.45) is 10.7 Å². The molecule has 1 atom stereocenters. The van der Waals surface area contributed by atoms with Gasteiger partial charge in [0.1, 0.15) is 0 Å². The van der Waals surface area contributed by atoms with Crippen molar-refractivity contribution >= 4 is 34.8 Å². The minimum Gasteiger partial charge on any atom is -0.339 e. The highest BCUT2D eigenvalue weighted by molar-refractivity contribution is 6.39. The number of hydrogen-bond donors (Lipinski definition) is 3. The largest absolute Gasteiger partial charge is 0.339 e. The summed E-state index contributed by atoms with van der Waals surface area (Å²) in [5.41, 5.74) is 6.26. The molecule has 0 amide bonds. The summed E-state index contributed by atoms with van der Waals surface area (Å²) in [6, 6.07) is 5.29. The summed E-state index contributed by atoms with van der Waals surface area (Å²) in [5.74, 6) is 0.595. The zero-order chi connectivity index (χ0) is 10.8. The summed E-state index contributed by atoms with van der Waals surface area (Å²) in [6.45, 7) is 0.546. The fourth-order valence-corrected chi connectivity index (χ4v) is 1.76. The third-order valence-corrected chi connectivity index (χ3v) is 2.60. The minimum atomic E-state index is -0.145. The molecule has 1 aliphatic heterocycles. The molecule has 0 saturated carbocycles. The molecule has 80 valence electrons. The average Bonchev–Trinajstić information content (AvgIpc) is 2.58. The molecule has 0 bridgehead atoms. The van der Waals surface area contributed by atoms with Gasteiger partial charge in [-0.15, -0.1) is 0 Å². The van der Waals surface area contributed by atoms with Gasteiger partial charge in [-0.05, 0) is 12.1 Å². The van der Waals surface area contributed by atoms with Crippen molar-refractivity contribution in [3.05, 3.63) is 28.2 Å². The van der Waals surface area contributed by atoms with Crippen LogP contribution in [0.2, 0.25) is 10.0 Å². The Morgan fingerprint density at radius 3 is 2.60 bits per heavy atom. The lowest BCUT2D eigenvalue weighted by molar-refractivity contribution is 0.691. The SMILES string of the molecule is NC1CN=C(Nc2c(Cl)cccc2Cl)N1. The molecule has 4 nitrogen and oxygen atoms in total. The molecular weight excluding hydrogens is 235 g/mol. The van der Waals surface area contributed by atoms with Gasteiger partial charge in [-0.2, -0.15) is 0 Å². The first-order valence-electron chi connectivity index (χ1n) is 4.44. The second-order valence-corrected chi connectivity index (χ2v) is 3.98. The number of nitrogens with two attached hydrogens (primary N) is 1. The first-order chi connectivity index (χ1) is 7.16. The van der Waals surface area contributed by atoms with Crippen molar-refractivity contribution in [3.63, 3.8) is 0 Å². The third-order valence-electron chi connectivity index (χ3n) is 1.97. The first-order valence-corrected chi connectivity index (χ1v) is 5.20. The predicted octanol–water partition coefficient (Wildman–Crippen LogP) is 1.65. The Bertz CT molecular complexity index is 385. The second-order valence-electron chi connectivity index (χ2n) is 3.16. The molecule has 1 aromatic rings. The molecule has 0 fully saturated rings. The highest BCUT2D eigenvalue weighted by atomic mass is 35.5. The topological polar surface area (TPSA) is 62.4 Å². The number of nitrogens with zero attached hydrogens (tertiary/aromatic N) is 1. The van der Waals surface area contributed by atoms with Crippen molar-refractivity contribution < 1.29 is 0 Å². The summed E-state index contributed by atoms with van der Waals surface area (Å²) < 4.78 is 0. The van der Waals surface area contributed by atoms with Gasteiger partial charge in [0, 0.05) is 0 Å². The number of anilines is 1. The lowest BCUT2D eigenvalue weighted by Gasteiger charge is -2.11. The van der Waals surface area contributed by atoms with Crippen LogP contribution in [0, 0.1) is 0 Å². The number of aliphatic imine (C=N–C) groups is 1. The lowest BCUT2D eigenvalue weighted by atomic mass is 10.3. The molecule has 1 heterocycles. The van der Waals surface area contributed by atoms with Gasteiger partial charge >= 0.3 is 0 Å². The maximum Gasteiger partial charge on any atom is 0.197 e. The number of rotatable bonds is 1. The molecule has 1 unspecified atom stereocenters. The van der Waals surface area contributed by atoms with Gasteiger partial charge in [0.15, 0.2) is 5.96 Å². The van der Waals surface area contributed by atoms with Gasteiger partial charge in [0.05, 0.1) is 28.4 Å². The van der Waals surface area contributed by atoms with E-state index < -0.39 is 0 Å². The molecule has 0 radical (unpaired) electrons. The molecule has 1 aromatic carbocycles. The van der Waals surface area contributed by atoms with Crippen LogP contribution in [0.1, 0.15) is 0 Å². The monoisotopic (exact) mass is 244 g/mol. The number of guanidine groups is 1. The Morgan fingerprint density at radius 2 is 2.07 bits per heavy atom. The van der Waals surface area contributed by atoms with Crippen molar-refractivity contribution in [2.45, 2.75) is 6.17 Å². The molecule has 15 heavy (non-hydrogen) atoms. The van der Waals surface area contributed by atoms with Crippen LogP contribution < -0.4 is 16.4 Å². The van der Waals surface area contributed by atoms with Crippen molar-refractivity contribution in [1.82, 2.24) is 5.32 Å². The maximum atomic E-state index is 5.98. The van der Waals surface area contributed by atoms with E-state index in [0.717, 1.165) is 0 Å². The summed E-state index contributed by atoms with van der Waals surface area (Å²) >= 11 is 12.0. The van der Waals surface area contributed by atoms with E-state index in [4.69, 9.17) is 28.9 Å². The Labute approximate surface area is 97.5 Å². The normalized spacial score (nSPS) is 19.7. The summed E-state index contributed by atoms with van der Waals surface area (Å²) in [4.78, 5) is 4.15. The van der Waals surface area contributed by atoms with Crippen LogP contribution in [0.4, 0.5) is 5.69 Å². The van der Waals surface area contributed by atoms with E-state index in [-0.39, 0.29) is 6.17 Å². The maximum absolute atomic E-state index is 5.98. The smallest absolute Gasteiger partial charge is 0.197 e. The molecule has 0 aliphatic carbocycles. The molecule has 0 saturated heterocycles. The highest BCUT2D eigenvalue weighted by Crippen LogP contribution is 2.29. The van der Waals surface area contributed by atoms with Crippen LogP contribution in [-0.2, 0) is 0 Å². The lowest BCUT2D eigenvalue weighted by Crippen LogP contribution is -2.40. The molecule has 0 spiro atoms. The highest BCUT2D eigenvalue weighted by Gasteiger charge is 2.14. The van der Waals surface area contributed by atoms with E-state index in [1.165, 1.54) is 0 Å². The van der Waals surface area contributed by atoms with Gasteiger partial charge in [0.2, 0.25) is 0 Å². The van der Waals surface area contributed by atoms with E-state index in [0.29, 0.717) is 28.2 Å². The molecular formula is C9H10Cl2N4. The number of halogens is 2. The number of para-hydroxylation sites is 1. The van der Waals surface area contributed by atoms with Gasteiger partial charge in [-0.25, -0.2) is 4.99 Å². The zero-order valence-electron chi connectivity index (χ0n) is 7.80. The van der Waals surface area contributed by atoms with Crippen LogP contribution in [0.25, 0.3) is 0 Å². The van der Waals surface area contributed by atoms with Crippen molar-refractivity contribution in [3.8, 4) is 0 Å². The van der Waals surface area contributed by atoms with Crippen molar-refractivity contribution in [1.29, 1.82) is 0 Å². The van der Waals surface area contributed by atoms with E-state index in [1.54, 1.807) is 18.2 Å². The van der Waals surface area contributed by atoms with Crippen molar-refractivity contribution in [2.75, 3.05) is 11.9 Å². The van der Waals surface area contributed by atoms with Gasteiger partial charge < -0.3 is 16.4 Å². The summed E-state index contributed by atoms with van der Waals surface area (Å²) in [5, 5.41) is 7.06. The standard InChI is InChI=1S/C9H10Cl2N4/c10-5-2-1-3-6(11)8(5)15-9-13-4-7(12)14-9/h1-3,7H,4,12H2,(H2,13,14,15). The van der Waals surface area contributed by atoms with Crippen LogP contribution >= 0.6 is 23.2 Å². The Balaban J connectivity index is 2.18. The van der Waals surface area contributed by atoms with E-state index in [9.17, 15) is 0 Å². The van der Waals surface area contributed by atoms with E-state index in [2.05, 4.69) is 15.6 Å². The number of hydrogen-bond acceptors (Lipinski definition) is 4. The first kappa shape index (κ1) is 10.5. The Morgan fingerprint density at radius 1 is 1.40 bits per heavy atom. The van der Waals surface area contributed by atoms with Crippen LogP contribution in [-0.4, -0.2) is 18.7 Å². The predicted molar refractivity (Wildman–Crippen MR) is 63.5 cm³/mol. The number of nitrogens with one attached hydrogen (secondary N) is 2. The molecule has 4 N–H and O–H groups in total. The molecule has 6 heteroatoms. The fraction of sp³-hybridized carbons (Fsp3) is 0.222. The van der Waals surface area contributed by atoms with Crippen LogP contribution in [0.5, 0.6) is 0 Å². The number of benzene rings is 1. The Hall–Kier alpha value is -0.970. The van der Waals surface area contributed by atoms with E-state index in [1.807, 2.05) is 0 Å². The van der Waals surface area contributed by atoms with Gasteiger partial charge in [-0.3, -0.25) is 0 Å². The van der Waals surface area contributed by atoms with Crippen LogP contribution in [0.3, 0.4) is 0 Å². The van der Waals surface area contributed by atoms with E-state index >= 15 is 0 Å². The third kappa shape index (κ3) is 2.34. The second kappa shape index (κ2) is 4.26. The zero-order valence-corrected chi connectivity index (χ0v) is 9.31. The summed E-state index contributed by atoms with van der Waals surface area (Å²) in [6.07, 6.45) is -0.145. The minimum absolute atomic E-state index is 0.145. The van der Waals surface area contributed by atoms with Gasteiger partial charge in [0.25, 0.3) is 0 Å². The summed E-state index contributed by atoms with van der Waals surface area (Å²) in [7, 11) is 0. The fourth-order valence-electron chi connectivity index (χ4n) is 1.27. The van der Waals surface area contributed by atoms with Gasteiger partial charge in [-0.1, -0.05) is 29.3 Å². The molecule has 2 rings (SSSR count). The molecule has 1 aliphatic rings. The average molecular weight is 245 g/mol. The molecule has 0 aromatic heterocycles. The Kier molecular flexibility index (Phi) is 3.00. The quantitative estimate of drug-likeness (QED) is 0.704. The van der Waals surface area contributed by atoms with Crippen LogP contribution in [0.15, 0.2) is 23.2 Å².